The number of rotatable bonds is 6. The van der Waals surface area contributed by atoms with Crippen molar-refractivity contribution >= 4 is 25.8 Å². The van der Waals surface area contributed by atoms with Crippen molar-refractivity contribution in [3.8, 4) is 0 Å². The van der Waals surface area contributed by atoms with E-state index in [0.29, 0.717) is 25.4 Å². The van der Waals surface area contributed by atoms with E-state index in [4.69, 9.17) is 9.15 Å². The summed E-state index contributed by atoms with van der Waals surface area (Å²) in [6, 6.07) is 8.72. The third-order valence-electron chi connectivity index (χ3n) is 5.53. The van der Waals surface area contributed by atoms with Gasteiger partial charge in [-0.3, -0.25) is 4.79 Å². The maximum absolute atomic E-state index is 13.2. The van der Waals surface area contributed by atoms with Crippen molar-refractivity contribution in [2.45, 2.75) is 23.9 Å². The summed E-state index contributed by atoms with van der Waals surface area (Å²) in [5, 5.41) is 0. The molecule has 31 heavy (non-hydrogen) atoms. The average Bonchev–Trinajstić information content (AvgIpc) is 3.41. The lowest BCUT2D eigenvalue weighted by Crippen LogP contribution is -2.41. The second-order valence-electron chi connectivity index (χ2n) is 7.61. The Morgan fingerprint density at radius 1 is 1.13 bits per heavy atom. The highest BCUT2D eigenvalue weighted by Gasteiger charge is 2.35. The van der Waals surface area contributed by atoms with Gasteiger partial charge >= 0.3 is 0 Å². The van der Waals surface area contributed by atoms with Crippen LogP contribution in [0.5, 0.6) is 0 Å². The van der Waals surface area contributed by atoms with Crippen molar-refractivity contribution in [3.63, 3.8) is 0 Å². The van der Waals surface area contributed by atoms with Crippen LogP contribution >= 0.6 is 0 Å². The fourth-order valence-corrected chi connectivity index (χ4v) is 6.97. The second kappa shape index (κ2) is 8.73. The van der Waals surface area contributed by atoms with Gasteiger partial charge in [-0.05, 0) is 42.8 Å². The summed E-state index contributed by atoms with van der Waals surface area (Å²) in [6.45, 7) is 1.41. The Bertz CT molecular complexity index is 1120. The number of hydrogen-bond donors (Lipinski definition) is 0. The molecule has 0 N–H and O–H groups in total. The van der Waals surface area contributed by atoms with E-state index in [1.165, 1.54) is 39.7 Å². The van der Waals surface area contributed by atoms with E-state index < -0.39 is 25.9 Å². The molecule has 1 aromatic carbocycles. The Morgan fingerprint density at radius 3 is 2.42 bits per heavy atom. The molecule has 0 radical (unpaired) electrons. The van der Waals surface area contributed by atoms with Gasteiger partial charge in [-0.2, -0.15) is 4.31 Å². The Balaban J connectivity index is 1.56. The summed E-state index contributed by atoms with van der Waals surface area (Å²) in [4.78, 5) is 14.8. The molecule has 168 valence electrons. The lowest BCUT2D eigenvalue weighted by atomic mass is 10.1. The first-order chi connectivity index (χ1) is 14.8. The number of carbonyl (C=O) groups excluding carboxylic acids is 1. The quantitative estimate of drug-likeness (QED) is 0.624. The summed E-state index contributed by atoms with van der Waals surface area (Å²) in [5.41, 5.74) is 0.289. The lowest BCUT2D eigenvalue weighted by molar-refractivity contribution is 0.0666. The number of furan rings is 1. The zero-order valence-corrected chi connectivity index (χ0v) is 18.5. The molecule has 2 aromatic rings. The first-order valence-electron chi connectivity index (χ1n) is 9.98. The highest BCUT2D eigenvalue weighted by atomic mass is 32.2. The van der Waals surface area contributed by atoms with Crippen LogP contribution in [0, 0.1) is 0 Å². The largest absolute Gasteiger partial charge is 0.467 e. The van der Waals surface area contributed by atoms with Gasteiger partial charge in [0.25, 0.3) is 5.91 Å². The smallest absolute Gasteiger partial charge is 0.254 e. The van der Waals surface area contributed by atoms with Crippen molar-refractivity contribution in [2.75, 3.05) is 37.8 Å². The van der Waals surface area contributed by atoms with Crippen molar-refractivity contribution < 1.29 is 30.8 Å². The van der Waals surface area contributed by atoms with Crippen LogP contribution in [0.4, 0.5) is 0 Å². The van der Waals surface area contributed by atoms with Gasteiger partial charge in [0, 0.05) is 24.7 Å². The van der Waals surface area contributed by atoms with E-state index in [-0.39, 0.29) is 47.5 Å². The van der Waals surface area contributed by atoms with E-state index in [1.807, 2.05) is 0 Å². The van der Waals surface area contributed by atoms with Gasteiger partial charge < -0.3 is 14.1 Å². The van der Waals surface area contributed by atoms with Gasteiger partial charge in [0.15, 0.2) is 9.84 Å². The molecule has 11 heteroatoms. The van der Waals surface area contributed by atoms with Crippen molar-refractivity contribution in [1.29, 1.82) is 0 Å². The molecule has 2 fully saturated rings. The van der Waals surface area contributed by atoms with Gasteiger partial charge in [0.1, 0.15) is 5.76 Å². The molecule has 0 bridgehead atoms. The third kappa shape index (κ3) is 4.84. The normalized spacial score (nSPS) is 21.7. The number of ether oxygens (including phenoxy) is 1. The minimum absolute atomic E-state index is 0.0380. The van der Waals surface area contributed by atoms with E-state index in [9.17, 15) is 21.6 Å². The van der Waals surface area contributed by atoms with E-state index >= 15 is 0 Å². The summed E-state index contributed by atoms with van der Waals surface area (Å²) < 4.78 is 61.4. The van der Waals surface area contributed by atoms with Gasteiger partial charge in [0.05, 0.1) is 42.4 Å². The number of nitrogens with zero attached hydrogens (tertiary/aromatic N) is 2. The van der Waals surface area contributed by atoms with Crippen molar-refractivity contribution in [1.82, 2.24) is 9.21 Å². The fourth-order valence-electron chi connectivity index (χ4n) is 3.83. The molecule has 2 aliphatic heterocycles. The molecule has 1 amide bonds. The van der Waals surface area contributed by atoms with Gasteiger partial charge in [-0.1, -0.05) is 0 Å². The molecular weight excluding hydrogens is 444 g/mol. The van der Waals surface area contributed by atoms with E-state index in [0.717, 1.165) is 0 Å². The van der Waals surface area contributed by atoms with Crippen LogP contribution in [0.1, 0.15) is 22.5 Å². The lowest BCUT2D eigenvalue weighted by Gasteiger charge is -2.28. The predicted molar refractivity (Wildman–Crippen MR) is 112 cm³/mol. The maximum atomic E-state index is 13.2. The van der Waals surface area contributed by atoms with Gasteiger partial charge in [-0.25, -0.2) is 16.8 Å². The third-order valence-corrected chi connectivity index (χ3v) is 9.19. The first-order valence-corrected chi connectivity index (χ1v) is 13.2. The standard InChI is InChI=1S/C20H24N2O7S2/c23-20(22(14-18-2-1-10-29-18)17-7-13-30(24,25)15-17)16-3-5-19(6-4-16)31(26,27)21-8-11-28-12-9-21/h1-6,10,17H,7-9,11-15H2. The van der Waals surface area contributed by atoms with E-state index in [2.05, 4.69) is 0 Å². The Hall–Kier alpha value is -2.21. The highest BCUT2D eigenvalue weighted by Crippen LogP contribution is 2.24. The molecule has 1 aromatic heterocycles. The number of amides is 1. The van der Waals surface area contributed by atoms with Crippen LogP contribution in [0.2, 0.25) is 0 Å². The summed E-state index contributed by atoms with van der Waals surface area (Å²) >= 11 is 0. The highest BCUT2D eigenvalue weighted by molar-refractivity contribution is 7.91. The Morgan fingerprint density at radius 2 is 1.84 bits per heavy atom. The molecule has 1 unspecified atom stereocenters. The monoisotopic (exact) mass is 468 g/mol. The summed E-state index contributed by atoms with van der Waals surface area (Å²) in [6.07, 6.45) is 1.85. The number of sulfonamides is 1. The fraction of sp³-hybridized carbons (Fsp3) is 0.450. The van der Waals surface area contributed by atoms with Crippen LogP contribution in [0.3, 0.4) is 0 Å². The molecule has 0 spiro atoms. The number of sulfone groups is 1. The molecular formula is C20H24N2O7S2. The van der Waals surface area contributed by atoms with Crippen molar-refractivity contribution in [3.05, 3.63) is 54.0 Å². The minimum atomic E-state index is -3.66. The van der Waals surface area contributed by atoms with Crippen LogP contribution in [-0.4, -0.2) is 75.8 Å². The van der Waals surface area contributed by atoms with Gasteiger partial charge in [0.2, 0.25) is 10.0 Å². The number of morpholine rings is 1. The first kappa shape index (κ1) is 22.0. The number of carbonyl (C=O) groups is 1. The van der Waals surface area contributed by atoms with Crippen LogP contribution in [-0.2, 0) is 31.1 Å². The van der Waals surface area contributed by atoms with Crippen LogP contribution in [0.25, 0.3) is 0 Å². The van der Waals surface area contributed by atoms with Crippen LogP contribution < -0.4 is 0 Å². The van der Waals surface area contributed by atoms with Gasteiger partial charge in [-0.15, -0.1) is 0 Å². The van der Waals surface area contributed by atoms with E-state index in [1.54, 1.807) is 12.1 Å². The molecule has 3 heterocycles. The maximum Gasteiger partial charge on any atom is 0.254 e. The topological polar surface area (TPSA) is 114 Å². The molecule has 9 nitrogen and oxygen atoms in total. The molecule has 4 rings (SSSR count). The Labute approximate surface area is 181 Å². The number of hydrogen-bond acceptors (Lipinski definition) is 7. The molecule has 0 saturated carbocycles. The number of benzene rings is 1. The van der Waals surface area contributed by atoms with Crippen molar-refractivity contribution in [2.24, 2.45) is 0 Å². The molecule has 1 atom stereocenters. The predicted octanol–water partition coefficient (Wildman–Crippen LogP) is 1.13. The Kier molecular flexibility index (Phi) is 6.20. The SMILES string of the molecule is O=C(c1ccc(S(=O)(=O)N2CCOCC2)cc1)N(Cc1ccco1)C1CCS(=O)(=O)C1. The summed E-state index contributed by atoms with van der Waals surface area (Å²) in [7, 11) is -6.86. The minimum Gasteiger partial charge on any atom is -0.467 e. The average molecular weight is 469 g/mol. The molecule has 2 saturated heterocycles. The molecule has 2 aliphatic rings. The van der Waals surface area contributed by atoms with Crippen LogP contribution in [0.15, 0.2) is 52.0 Å². The summed E-state index contributed by atoms with van der Waals surface area (Å²) in [5.74, 6) is 0.122. The zero-order valence-electron chi connectivity index (χ0n) is 16.8. The second-order valence-corrected chi connectivity index (χ2v) is 11.8. The molecule has 0 aliphatic carbocycles. The zero-order chi connectivity index (χ0) is 22.1.